The van der Waals surface area contributed by atoms with Crippen LogP contribution in [0, 0.1) is 0 Å². The minimum atomic E-state index is -0.261. The summed E-state index contributed by atoms with van der Waals surface area (Å²) in [6, 6.07) is 17.9. The van der Waals surface area contributed by atoms with Crippen LogP contribution in [0.2, 0.25) is 5.02 Å². The van der Waals surface area contributed by atoms with Crippen molar-refractivity contribution >= 4 is 17.5 Å². The van der Waals surface area contributed by atoms with E-state index in [9.17, 15) is 4.79 Å². The first kappa shape index (κ1) is 16.0. The van der Waals surface area contributed by atoms with E-state index in [1.54, 1.807) is 0 Å². The van der Waals surface area contributed by atoms with Gasteiger partial charge in [-0.2, -0.15) is 0 Å². The molecule has 120 valence electrons. The van der Waals surface area contributed by atoms with Crippen LogP contribution < -0.4 is 10.6 Å². The topological polar surface area (TPSA) is 45.7 Å². The molecule has 1 aliphatic rings. The zero-order valence-electron chi connectivity index (χ0n) is 13.2. The maximum atomic E-state index is 12.7. The zero-order valence-corrected chi connectivity index (χ0v) is 14.0. The number of quaternary nitrogens is 1. The lowest BCUT2D eigenvalue weighted by molar-refractivity contribution is -0.719. The monoisotopic (exact) mass is 329 g/mol. The van der Waals surface area contributed by atoms with Gasteiger partial charge in [-0.25, -0.2) is 0 Å². The Morgan fingerprint density at radius 2 is 1.78 bits per heavy atom. The van der Waals surface area contributed by atoms with E-state index in [2.05, 4.69) is 17.6 Å². The third-order valence-corrected chi connectivity index (χ3v) is 4.59. The SMILES string of the molecule is C[C@H]([NH2+][C@H](C(=O)NC1CC1)c1ccccc1)c1ccccc1Cl. The fourth-order valence-electron chi connectivity index (χ4n) is 2.77. The van der Waals surface area contributed by atoms with Crippen LogP contribution in [0.4, 0.5) is 0 Å². The standard InChI is InChI=1S/C19H21ClN2O/c1-13(16-9-5-6-10-17(16)20)21-18(14-7-3-2-4-8-14)19(23)22-15-11-12-15/h2-10,13,15,18,21H,11-12H2,1H3,(H,22,23)/p+1/t13-,18-/m0/s1. The molecular formula is C19H22ClN2O+. The highest BCUT2D eigenvalue weighted by molar-refractivity contribution is 6.31. The van der Waals surface area contributed by atoms with Gasteiger partial charge in [0.05, 0.1) is 0 Å². The molecule has 2 aromatic carbocycles. The molecular weight excluding hydrogens is 308 g/mol. The molecule has 1 amide bonds. The number of hydrogen-bond donors (Lipinski definition) is 2. The molecule has 3 nitrogen and oxygen atoms in total. The van der Waals surface area contributed by atoms with E-state index in [4.69, 9.17) is 11.6 Å². The number of hydrogen-bond acceptors (Lipinski definition) is 1. The van der Waals surface area contributed by atoms with Gasteiger partial charge in [0.25, 0.3) is 5.91 Å². The fraction of sp³-hybridized carbons (Fsp3) is 0.316. The van der Waals surface area contributed by atoms with Gasteiger partial charge < -0.3 is 10.6 Å². The van der Waals surface area contributed by atoms with E-state index in [1.807, 2.05) is 54.6 Å². The molecule has 1 aliphatic carbocycles. The summed E-state index contributed by atoms with van der Waals surface area (Å²) in [7, 11) is 0. The van der Waals surface area contributed by atoms with E-state index >= 15 is 0 Å². The molecule has 0 aromatic heterocycles. The van der Waals surface area contributed by atoms with Crippen LogP contribution in [0.15, 0.2) is 54.6 Å². The van der Waals surface area contributed by atoms with Crippen LogP contribution in [0.1, 0.15) is 43.0 Å². The van der Waals surface area contributed by atoms with Crippen molar-refractivity contribution in [3.63, 3.8) is 0 Å². The predicted molar refractivity (Wildman–Crippen MR) is 92.1 cm³/mol. The third kappa shape index (κ3) is 4.12. The maximum absolute atomic E-state index is 12.7. The van der Waals surface area contributed by atoms with Crippen LogP contribution in [0.5, 0.6) is 0 Å². The molecule has 23 heavy (non-hydrogen) atoms. The van der Waals surface area contributed by atoms with Crippen LogP contribution in [-0.2, 0) is 4.79 Å². The highest BCUT2D eigenvalue weighted by atomic mass is 35.5. The summed E-state index contributed by atoms with van der Waals surface area (Å²) < 4.78 is 0. The molecule has 2 aromatic rings. The van der Waals surface area contributed by atoms with Gasteiger partial charge in [0, 0.05) is 22.2 Å². The Morgan fingerprint density at radius 3 is 2.43 bits per heavy atom. The quantitative estimate of drug-likeness (QED) is 0.841. The van der Waals surface area contributed by atoms with E-state index < -0.39 is 0 Å². The first-order valence-corrected chi connectivity index (χ1v) is 8.47. The van der Waals surface area contributed by atoms with Gasteiger partial charge in [-0.15, -0.1) is 0 Å². The van der Waals surface area contributed by atoms with Gasteiger partial charge in [0.1, 0.15) is 6.04 Å². The molecule has 0 unspecified atom stereocenters. The number of benzene rings is 2. The molecule has 3 N–H and O–H groups in total. The first-order chi connectivity index (χ1) is 11.1. The summed E-state index contributed by atoms with van der Waals surface area (Å²) in [5, 5.41) is 5.95. The number of rotatable bonds is 6. The van der Waals surface area contributed by atoms with Crippen molar-refractivity contribution in [1.29, 1.82) is 0 Å². The summed E-state index contributed by atoms with van der Waals surface area (Å²) in [4.78, 5) is 12.7. The minimum absolute atomic E-state index is 0.0811. The predicted octanol–water partition coefficient (Wildman–Crippen LogP) is 2.98. The highest BCUT2D eigenvalue weighted by Crippen LogP contribution is 2.22. The van der Waals surface area contributed by atoms with Crippen molar-refractivity contribution in [3.05, 3.63) is 70.7 Å². The van der Waals surface area contributed by atoms with Crippen molar-refractivity contribution in [2.45, 2.75) is 37.9 Å². The molecule has 0 spiro atoms. The largest absolute Gasteiger partial charge is 0.348 e. The molecule has 3 rings (SSSR count). The third-order valence-electron chi connectivity index (χ3n) is 4.24. The van der Waals surface area contributed by atoms with Crippen molar-refractivity contribution in [2.75, 3.05) is 0 Å². The Balaban J connectivity index is 1.80. The maximum Gasteiger partial charge on any atom is 0.283 e. The number of nitrogens with one attached hydrogen (secondary N) is 1. The molecule has 0 radical (unpaired) electrons. The summed E-state index contributed by atoms with van der Waals surface area (Å²) in [6.45, 7) is 2.08. The van der Waals surface area contributed by atoms with Gasteiger partial charge in [-0.1, -0.05) is 60.1 Å². The van der Waals surface area contributed by atoms with E-state index in [0.29, 0.717) is 6.04 Å². The highest BCUT2D eigenvalue weighted by Gasteiger charge is 2.32. The normalized spacial score (nSPS) is 16.6. The molecule has 2 atom stereocenters. The average Bonchev–Trinajstić information content (AvgIpc) is 3.37. The number of carbonyl (C=O) groups excluding carboxylic acids is 1. The lowest BCUT2D eigenvalue weighted by Gasteiger charge is -2.21. The lowest BCUT2D eigenvalue weighted by atomic mass is 10.0. The van der Waals surface area contributed by atoms with Gasteiger partial charge >= 0.3 is 0 Å². The molecule has 0 bridgehead atoms. The number of carbonyl (C=O) groups is 1. The van der Waals surface area contributed by atoms with Crippen molar-refractivity contribution < 1.29 is 10.1 Å². The summed E-state index contributed by atoms with van der Waals surface area (Å²) in [6.07, 6.45) is 2.18. The molecule has 0 heterocycles. The molecule has 1 saturated carbocycles. The first-order valence-electron chi connectivity index (χ1n) is 8.10. The Kier molecular flexibility index (Phi) is 4.99. The van der Waals surface area contributed by atoms with Crippen LogP contribution in [0.25, 0.3) is 0 Å². The van der Waals surface area contributed by atoms with Crippen LogP contribution >= 0.6 is 11.6 Å². The van der Waals surface area contributed by atoms with Gasteiger partial charge in [-0.3, -0.25) is 4.79 Å². The second-order valence-corrected chi connectivity index (χ2v) is 6.58. The average molecular weight is 330 g/mol. The van der Waals surface area contributed by atoms with Crippen molar-refractivity contribution in [3.8, 4) is 0 Å². The zero-order chi connectivity index (χ0) is 16.2. The van der Waals surface area contributed by atoms with E-state index in [0.717, 1.165) is 29.0 Å². The minimum Gasteiger partial charge on any atom is -0.348 e. The molecule has 0 aliphatic heterocycles. The van der Waals surface area contributed by atoms with Crippen LogP contribution in [-0.4, -0.2) is 11.9 Å². The summed E-state index contributed by atoms with van der Waals surface area (Å²) in [5.74, 6) is 0.0811. The van der Waals surface area contributed by atoms with Crippen molar-refractivity contribution in [2.24, 2.45) is 0 Å². The second-order valence-electron chi connectivity index (χ2n) is 6.17. The fourth-order valence-corrected chi connectivity index (χ4v) is 3.07. The Bertz CT molecular complexity index is 670. The second kappa shape index (κ2) is 7.16. The number of amides is 1. The smallest absolute Gasteiger partial charge is 0.283 e. The van der Waals surface area contributed by atoms with Gasteiger partial charge in [0.2, 0.25) is 0 Å². The number of nitrogens with two attached hydrogens (primary N) is 1. The molecule has 1 fully saturated rings. The van der Waals surface area contributed by atoms with E-state index in [-0.39, 0.29) is 18.0 Å². The van der Waals surface area contributed by atoms with E-state index in [1.165, 1.54) is 0 Å². The molecule has 4 heteroatoms. The Morgan fingerprint density at radius 1 is 1.13 bits per heavy atom. The van der Waals surface area contributed by atoms with Gasteiger partial charge in [-0.05, 0) is 25.8 Å². The van der Waals surface area contributed by atoms with Crippen molar-refractivity contribution in [1.82, 2.24) is 5.32 Å². The molecule has 0 saturated heterocycles. The summed E-state index contributed by atoms with van der Waals surface area (Å²) in [5.41, 5.74) is 2.07. The van der Waals surface area contributed by atoms with Crippen LogP contribution in [0.3, 0.4) is 0 Å². The lowest BCUT2D eigenvalue weighted by Crippen LogP contribution is -2.88. The Hall–Kier alpha value is -1.84. The number of halogens is 1. The summed E-state index contributed by atoms with van der Waals surface area (Å²) >= 11 is 6.30. The Labute approximate surface area is 142 Å². The van der Waals surface area contributed by atoms with Gasteiger partial charge in [0.15, 0.2) is 6.04 Å².